The minimum Gasteiger partial charge on any atom is -0.357 e. The number of rotatable bonds is 0. The maximum atomic E-state index is 5.00. The average Bonchev–Trinajstić information content (AvgIpc) is 1.75. The first-order valence-electron chi connectivity index (χ1n) is 1.27. The molecular formula is C2H9NOSi. The SMILES string of the molecule is NC1CO1.[SiH4]. The standard InChI is InChI=1S/C2H5NO.H4Si/c3-2-1-4-2;/h2H,1,3H2;1H4. The summed E-state index contributed by atoms with van der Waals surface area (Å²) < 4.78 is 4.49. The quantitative estimate of drug-likeness (QED) is 0.273. The Balaban J connectivity index is 0.000000160. The van der Waals surface area contributed by atoms with E-state index in [1.54, 1.807) is 0 Å². The fourth-order valence-corrected chi connectivity index (χ4v) is 0.0556. The molecule has 5 heavy (non-hydrogen) atoms. The molecule has 1 atom stereocenters. The first kappa shape index (κ1) is 5.14. The van der Waals surface area contributed by atoms with Gasteiger partial charge in [0.25, 0.3) is 0 Å². The van der Waals surface area contributed by atoms with Gasteiger partial charge in [0.15, 0.2) is 0 Å². The van der Waals surface area contributed by atoms with E-state index in [4.69, 9.17) is 5.73 Å². The Morgan fingerprint density at radius 3 is 2.00 bits per heavy atom. The molecule has 0 aromatic carbocycles. The van der Waals surface area contributed by atoms with E-state index in [0.717, 1.165) is 6.61 Å². The van der Waals surface area contributed by atoms with Crippen LogP contribution >= 0.6 is 0 Å². The van der Waals surface area contributed by atoms with E-state index in [1.807, 2.05) is 0 Å². The van der Waals surface area contributed by atoms with E-state index < -0.39 is 0 Å². The first-order valence-corrected chi connectivity index (χ1v) is 1.27. The Kier molecular flexibility index (Phi) is 1.58. The van der Waals surface area contributed by atoms with Crippen LogP contribution in [0.4, 0.5) is 0 Å². The van der Waals surface area contributed by atoms with Gasteiger partial charge in [-0.05, 0) is 11.0 Å². The van der Waals surface area contributed by atoms with Crippen molar-refractivity contribution in [1.82, 2.24) is 0 Å². The van der Waals surface area contributed by atoms with E-state index in [-0.39, 0.29) is 17.2 Å². The summed E-state index contributed by atoms with van der Waals surface area (Å²) in [6, 6.07) is 0. The highest BCUT2D eigenvalue weighted by Crippen LogP contribution is 1.96. The molecule has 1 rings (SSSR count). The van der Waals surface area contributed by atoms with Crippen molar-refractivity contribution in [3.63, 3.8) is 0 Å². The first-order chi connectivity index (χ1) is 1.89. The number of epoxide rings is 1. The molecule has 1 aliphatic heterocycles. The topological polar surface area (TPSA) is 38.5 Å². The Labute approximate surface area is 35.3 Å². The molecule has 1 unspecified atom stereocenters. The Morgan fingerprint density at radius 1 is 1.80 bits per heavy atom. The Hall–Kier alpha value is 0.137. The van der Waals surface area contributed by atoms with E-state index in [1.165, 1.54) is 0 Å². The van der Waals surface area contributed by atoms with Crippen LogP contribution in [0.1, 0.15) is 0 Å². The van der Waals surface area contributed by atoms with Crippen molar-refractivity contribution in [2.75, 3.05) is 6.61 Å². The molecule has 0 aliphatic carbocycles. The third kappa shape index (κ3) is 1.92. The van der Waals surface area contributed by atoms with Gasteiger partial charge in [-0.1, -0.05) is 0 Å². The van der Waals surface area contributed by atoms with Gasteiger partial charge in [-0.15, -0.1) is 0 Å². The summed E-state index contributed by atoms with van der Waals surface area (Å²) in [7, 11) is 0. The highest BCUT2D eigenvalue weighted by Gasteiger charge is 2.13. The molecule has 1 saturated heterocycles. The Morgan fingerprint density at radius 2 is 2.00 bits per heavy atom. The Bertz CT molecular complexity index is 28.8. The van der Waals surface area contributed by atoms with Gasteiger partial charge in [0.1, 0.15) is 6.23 Å². The van der Waals surface area contributed by atoms with Gasteiger partial charge in [-0.3, -0.25) is 0 Å². The number of nitrogens with two attached hydrogens (primary N) is 1. The van der Waals surface area contributed by atoms with Gasteiger partial charge in [0.05, 0.1) is 6.61 Å². The summed E-state index contributed by atoms with van der Waals surface area (Å²) in [5, 5.41) is 0. The molecule has 32 valence electrons. The molecule has 2 nitrogen and oxygen atoms in total. The normalized spacial score (nSPS) is 31.8. The van der Waals surface area contributed by atoms with E-state index in [2.05, 4.69) is 4.74 Å². The minimum absolute atomic E-state index is 0. The molecule has 1 fully saturated rings. The zero-order valence-corrected chi connectivity index (χ0v) is 2.27. The lowest BCUT2D eigenvalue weighted by molar-refractivity contribution is 0.415. The third-order valence-corrected chi connectivity index (χ3v) is 0.359. The van der Waals surface area contributed by atoms with Gasteiger partial charge in [-0.2, -0.15) is 0 Å². The van der Waals surface area contributed by atoms with Gasteiger partial charge in [-0.25, -0.2) is 0 Å². The third-order valence-electron chi connectivity index (χ3n) is 0.359. The lowest BCUT2D eigenvalue weighted by Crippen LogP contribution is -1.97. The predicted molar refractivity (Wildman–Crippen MR) is 25.3 cm³/mol. The van der Waals surface area contributed by atoms with Crippen molar-refractivity contribution in [2.45, 2.75) is 6.23 Å². The maximum Gasteiger partial charge on any atom is 0.129 e. The van der Waals surface area contributed by atoms with Crippen molar-refractivity contribution in [2.24, 2.45) is 5.73 Å². The van der Waals surface area contributed by atoms with E-state index >= 15 is 0 Å². The summed E-state index contributed by atoms with van der Waals surface area (Å²) in [5.74, 6) is 0. The summed E-state index contributed by atoms with van der Waals surface area (Å²) in [4.78, 5) is 0. The fraction of sp³-hybridized carbons (Fsp3) is 1.00. The second-order valence-corrected chi connectivity index (χ2v) is 0.872. The van der Waals surface area contributed by atoms with Crippen LogP contribution in [0.2, 0.25) is 0 Å². The molecule has 0 spiro atoms. The van der Waals surface area contributed by atoms with Crippen LogP contribution in [0, 0.1) is 0 Å². The molecular weight excluding hydrogens is 82.1 g/mol. The molecule has 1 aliphatic rings. The van der Waals surface area contributed by atoms with Gasteiger partial charge in [0, 0.05) is 0 Å². The molecule has 3 heteroatoms. The van der Waals surface area contributed by atoms with Crippen LogP contribution in [0.3, 0.4) is 0 Å². The van der Waals surface area contributed by atoms with Gasteiger partial charge < -0.3 is 10.5 Å². The molecule has 0 bridgehead atoms. The zero-order chi connectivity index (χ0) is 2.99. The van der Waals surface area contributed by atoms with Crippen LogP contribution in [0.5, 0.6) is 0 Å². The second-order valence-electron chi connectivity index (χ2n) is 0.872. The highest BCUT2D eigenvalue weighted by atomic mass is 28.1. The molecule has 1 heterocycles. The van der Waals surface area contributed by atoms with Crippen molar-refractivity contribution >= 4 is 11.0 Å². The largest absolute Gasteiger partial charge is 0.357 e. The van der Waals surface area contributed by atoms with Crippen LogP contribution < -0.4 is 5.73 Å². The fourth-order valence-electron chi connectivity index (χ4n) is 0.0556. The molecule has 0 aromatic rings. The molecule has 2 N–H and O–H groups in total. The van der Waals surface area contributed by atoms with Crippen molar-refractivity contribution < 1.29 is 4.74 Å². The maximum absolute atomic E-state index is 5.00. The molecule has 0 amide bonds. The summed E-state index contributed by atoms with van der Waals surface area (Å²) in [5.41, 5.74) is 5.00. The summed E-state index contributed by atoms with van der Waals surface area (Å²) >= 11 is 0. The van der Waals surface area contributed by atoms with Crippen LogP contribution in [0.15, 0.2) is 0 Å². The number of ether oxygens (including phenoxy) is 1. The molecule has 0 radical (unpaired) electrons. The minimum atomic E-state index is 0. The van der Waals surface area contributed by atoms with E-state index in [9.17, 15) is 0 Å². The summed E-state index contributed by atoms with van der Waals surface area (Å²) in [6.45, 7) is 0.764. The molecule has 0 saturated carbocycles. The van der Waals surface area contributed by atoms with Crippen LogP contribution in [-0.4, -0.2) is 23.8 Å². The lowest BCUT2D eigenvalue weighted by atomic mass is 10.8. The second kappa shape index (κ2) is 1.54. The smallest absolute Gasteiger partial charge is 0.129 e. The van der Waals surface area contributed by atoms with Crippen molar-refractivity contribution in [1.29, 1.82) is 0 Å². The van der Waals surface area contributed by atoms with E-state index in [0.29, 0.717) is 0 Å². The van der Waals surface area contributed by atoms with Gasteiger partial charge in [0.2, 0.25) is 0 Å². The summed E-state index contributed by atoms with van der Waals surface area (Å²) in [6.07, 6.45) is 0.0833. The van der Waals surface area contributed by atoms with Gasteiger partial charge >= 0.3 is 0 Å². The highest BCUT2D eigenvalue weighted by molar-refractivity contribution is 5.75. The lowest BCUT2D eigenvalue weighted by Gasteiger charge is -1.55. The number of hydrogen-bond acceptors (Lipinski definition) is 2. The van der Waals surface area contributed by atoms with Crippen molar-refractivity contribution in [3.05, 3.63) is 0 Å². The average molecular weight is 91.2 g/mol. The molecule has 0 aromatic heterocycles. The number of hydrogen-bond donors (Lipinski definition) is 1. The van der Waals surface area contributed by atoms with Crippen LogP contribution in [-0.2, 0) is 4.74 Å². The van der Waals surface area contributed by atoms with Crippen molar-refractivity contribution in [3.8, 4) is 0 Å². The van der Waals surface area contributed by atoms with Crippen LogP contribution in [0.25, 0.3) is 0 Å². The predicted octanol–water partition coefficient (Wildman–Crippen LogP) is -2.15. The zero-order valence-electron chi connectivity index (χ0n) is 2.27. The monoisotopic (exact) mass is 91.0 g/mol.